The van der Waals surface area contributed by atoms with Crippen LogP contribution in [-0.4, -0.2) is 47.0 Å². The first-order chi connectivity index (χ1) is 15.0. The number of halogens is 2. The van der Waals surface area contributed by atoms with Crippen molar-refractivity contribution in [2.24, 2.45) is 0 Å². The van der Waals surface area contributed by atoms with Crippen LogP contribution in [0.25, 0.3) is 0 Å². The van der Waals surface area contributed by atoms with E-state index >= 15 is 0 Å². The Morgan fingerprint density at radius 2 is 1.94 bits per heavy atom. The average molecular weight is 460 g/mol. The van der Waals surface area contributed by atoms with Crippen molar-refractivity contribution >= 4 is 29.3 Å². The minimum absolute atomic E-state index is 0.0383. The van der Waals surface area contributed by atoms with Crippen molar-refractivity contribution in [1.29, 1.82) is 0 Å². The van der Waals surface area contributed by atoms with E-state index in [1.807, 2.05) is 42.2 Å². The highest BCUT2D eigenvalue weighted by Crippen LogP contribution is 2.28. The molecule has 0 bridgehead atoms. The second kappa shape index (κ2) is 9.85. The van der Waals surface area contributed by atoms with Crippen LogP contribution in [0.1, 0.15) is 27.4 Å². The zero-order chi connectivity index (χ0) is 21.8. The maximum absolute atomic E-state index is 13.3. The summed E-state index contributed by atoms with van der Waals surface area (Å²) in [5.41, 5.74) is 2.45. The normalized spacial score (nSPS) is 14.7. The second-order valence-corrected chi connectivity index (χ2v) is 8.95. The van der Waals surface area contributed by atoms with E-state index in [1.54, 1.807) is 17.8 Å². The lowest BCUT2D eigenvalue weighted by Crippen LogP contribution is -2.48. The number of thioether (sulfide) groups is 1. The lowest BCUT2D eigenvalue weighted by molar-refractivity contribution is 0.0625. The number of amides is 1. The molecule has 1 saturated heterocycles. The van der Waals surface area contributed by atoms with Gasteiger partial charge in [0, 0.05) is 48.7 Å². The number of aromatic nitrogens is 1. The Labute approximate surface area is 190 Å². The molecule has 162 valence electrons. The zero-order valence-corrected chi connectivity index (χ0v) is 18.8. The topological polar surface area (TPSA) is 49.6 Å². The van der Waals surface area contributed by atoms with E-state index in [0.29, 0.717) is 36.0 Å². The van der Waals surface area contributed by atoms with Crippen molar-refractivity contribution in [3.63, 3.8) is 0 Å². The molecule has 0 spiro atoms. The lowest BCUT2D eigenvalue weighted by atomic mass is 10.1. The van der Waals surface area contributed by atoms with Crippen LogP contribution < -0.4 is 0 Å². The van der Waals surface area contributed by atoms with Gasteiger partial charge in [-0.1, -0.05) is 35.0 Å². The van der Waals surface area contributed by atoms with Gasteiger partial charge in [0.2, 0.25) is 0 Å². The van der Waals surface area contributed by atoms with Gasteiger partial charge in [-0.15, -0.1) is 11.8 Å². The van der Waals surface area contributed by atoms with Gasteiger partial charge in [0.05, 0.1) is 17.0 Å². The van der Waals surface area contributed by atoms with Crippen LogP contribution >= 0.6 is 23.4 Å². The number of carbonyl (C=O) groups is 1. The first-order valence-corrected chi connectivity index (χ1v) is 11.5. The SMILES string of the molecule is Cc1cc(CSc2ccccc2C(=O)N2CCN(Cc3ccc(F)cc3Cl)CC2)on1. The van der Waals surface area contributed by atoms with Gasteiger partial charge in [0.25, 0.3) is 5.91 Å². The average Bonchev–Trinajstić information content (AvgIpc) is 3.19. The smallest absolute Gasteiger partial charge is 0.255 e. The van der Waals surface area contributed by atoms with E-state index in [-0.39, 0.29) is 11.7 Å². The summed E-state index contributed by atoms with van der Waals surface area (Å²) in [4.78, 5) is 18.2. The van der Waals surface area contributed by atoms with E-state index in [2.05, 4.69) is 10.1 Å². The monoisotopic (exact) mass is 459 g/mol. The molecule has 0 saturated carbocycles. The Morgan fingerprint density at radius 1 is 1.16 bits per heavy atom. The third kappa shape index (κ3) is 5.47. The number of hydrogen-bond acceptors (Lipinski definition) is 5. The molecule has 0 atom stereocenters. The van der Waals surface area contributed by atoms with Crippen LogP contribution in [0.4, 0.5) is 4.39 Å². The highest BCUT2D eigenvalue weighted by Gasteiger charge is 2.24. The third-order valence-corrected chi connectivity index (χ3v) is 6.68. The molecule has 0 aliphatic carbocycles. The van der Waals surface area contributed by atoms with Crippen LogP contribution in [0, 0.1) is 12.7 Å². The fraction of sp³-hybridized carbons (Fsp3) is 0.304. The molecule has 5 nitrogen and oxygen atoms in total. The summed E-state index contributed by atoms with van der Waals surface area (Å²) < 4.78 is 18.5. The molecule has 0 N–H and O–H groups in total. The molecular weight excluding hydrogens is 437 g/mol. The largest absolute Gasteiger partial charge is 0.360 e. The molecule has 2 heterocycles. The summed E-state index contributed by atoms with van der Waals surface area (Å²) in [7, 11) is 0. The number of hydrogen-bond donors (Lipinski definition) is 0. The summed E-state index contributed by atoms with van der Waals surface area (Å²) in [5, 5.41) is 4.35. The molecule has 2 aromatic carbocycles. The summed E-state index contributed by atoms with van der Waals surface area (Å²) in [6.45, 7) is 5.29. The van der Waals surface area contributed by atoms with Crippen molar-refractivity contribution in [3.05, 3.63) is 82.0 Å². The van der Waals surface area contributed by atoms with Crippen LogP contribution in [0.3, 0.4) is 0 Å². The number of rotatable bonds is 6. The fourth-order valence-corrected chi connectivity index (χ4v) is 4.72. The molecule has 1 amide bonds. The van der Waals surface area contributed by atoms with Gasteiger partial charge >= 0.3 is 0 Å². The molecule has 0 radical (unpaired) electrons. The van der Waals surface area contributed by atoms with Crippen LogP contribution in [0.15, 0.2) is 57.9 Å². The van der Waals surface area contributed by atoms with E-state index < -0.39 is 0 Å². The summed E-state index contributed by atoms with van der Waals surface area (Å²) in [5.74, 6) is 1.12. The Balaban J connectivity index is 1.36. The number of carbonyl (C=O) groups excluding carboxylic acids is 1. The van der Waals surface area contributed by atoms with E-state index in [1.165, 1.54) is 12.1 Å². The van der Waals surface area contributed by atoms with Gasteiger partial charge < -0.3 is 9.42 Å². The lowest BCUT2D eigenvalue weighted by Gasteiger charge is -2.35. The maximum atomic E-state index is 13.3. The third-order valence-electron chi connectivity index (χ3n) is 5.23. The van der Waals surface area contributed by atoms with Crippen molar-refractivity contribution in [1.82, 2.24) is 15.0 Å². The van der Waals surface area contributed by atoms with Gasteiger partial charge in [0.1, 0.15) is 11.6 Å². The first-order valence-electron chi connectivity index (χ1n) is 10.1. The molecule has 4 rings (SSSR count). The molecule has 1 aliphatic rings. The van der Waals surface area contributed by atoms with Crippen molar-refractivity contribution in [2.75, 3.05) is 26.2 Å². The van der Waals surface area contributed by atoms with Crippen LogP contribution in [0.5, 0.6) is 0 Å². The Morgan fingerprint density at radius 3 is 2.65 bits per heavy atom. The minimum Gasteiger partial charge on any atom is -0.360 e. The van der Waals surface area contributed by atoms with Gasteiger partial charge in [-0.2, -0.15) is 0 Å². The van der Waals surface area contributed by atoms with Crippen molar-refractivity contribution in [3.8, 4) is 0 Å². The van der Waals surface area contributed by atoms with Gasteiger partial charge in [-0.05, 0) is 36.8 Å². The summed E-state index contributed by atoms with van der Waals surface area (Å²) in [6.07, 6.45) is 0. The van der Waals surface area contributed by atoms with Crippen LogP contribution in [0.2, 0.25) is 5.02 Å². The van der Waals surface area contributed by atoms with E-state index in [0.717, 1.165) is 35.0 Å². The predicted octanol–water partition coefficient (Wildman–Crippen LogP) is 5.03. The van der Waals surface area contributed by atoms with Gasteiger partial charge in [-0.25, -0.2) is 4.39 Å². The molecule has 8 heteroatoms. The zero-order valence-electron chi connectivity index (χ0n) is 17.2. The van der Waals surface area contributed by atoms with Crippen molar-refractivity contribution < 1.29 is 13.7 Å². The quantitative estimate of drug-likeness (QED) is 0.484. The van der Waals surface area contributed by atoms with Gasteiger partial charge in [0.15, 0.2) is 0 Å². The molecule has 1 fully saturated rings. The molecular formula is C23H23ClFN3O2S. The Hall–Kier alpha value is -2.35. The van der Waals surface area contributed by atoms with Crippen LogP contribution in [-0.2, 0) is 12.3 Å². The first kappa shape index (κ1) is 21.9. The van der Waals surface area contributed by atoms with Gasteiger partial charge in [-0.3, -0.25) is 9.69 Å². The molecule has 0 unspecified atom stereocenters. The predicted molar refractivity (Wildman–Crippen MR) is 120 cm³/mol. The molecule has 31 heavy (non-hydrogen) atoms. The number of benzene rings is 2. The van der Waals surface area contributed by atoms with E-state index in [4.69, 9.17) is 16.1 Å². The number of piperazine rings is 1. The number of nitrogens with zero attached hydrogens (tertiary/aromatic N) is 3. The summed E-state index contributed by atoms with van der Waals surface area (Å²) in [6, 6.07) is 14.1. The Bertz CT molecular complexity index is 1070. The second-order valence-electron chi connectivity index (χ2n) is 7.52. The molecule has 1 aliphatic heterocycles. The fourth-order valence-electron chi connectivity index (χ4n) is 3.57. The Kier molecular flexibility index (Phi) is 6.95. The molecule has 3 aromatic rings. The highest BCUT2D eigenvalue weighted by molar-refractivity contribution is 7.98. The minimum atomic E-state index is -0.334. The molecule has 1 aromatic heterocycles. The van der Waals surface area contributed by atoms with Crippen molar-refractivity contribution in [2.45, 2.75) is 24.1 Å². The highest BCUT2D eigenvalue weighted by atomic mass is 35.5. The van der Waals surface area contributed by atoms with E-state index in [9.17, 15) is 9.18 Å². The maximum Gasteiger partial charge on any atom is 0.255 e. The summed E-state index contributed by atoms with van der Waals surface area (Å²) >= 11 is 7.73. The standard InChI is InChI=1S/C23H23ClFN3O2S/c1-16-12-19(30-26-16)15-31-22-5-3-2-4-20(22)23(29)28-10-8-27(9-11-28)14-17-6-7-18(25)13-21(17)24/h2-7,12-13H,8-11,14-15H2,1H3. The number of aryl methyl sites for hydroxylation is 1.